The molecule has 2 rings (SSSR count). The summed E-state index contributed by atoms with van der Waals surface area (Å²) in [6.45, 7) is 1.63. The normalized spacial score (nSPS) is 10.3. The largest absolute Gasteiger partial charge is 0.478 e. The minimum absolute atomic E-state index is 0.150. The Morgan fingerprint density at radius 2 is 2.28 bits per heavy atom. The number of aromatic nitrogens is 3. The maximum Gasteiger partial charge on any atom is 0.338 e. The van der Waals surface area contributed by atoms with E-state index in [1.807, 2.05) is 0 Å². The lowest BCUT2D eigenvalue weighted by Gasteiger charge is -2.03. The second-order valence-corrected chi connectivity index (χ2v) is 3.56. The van der Waals surface area contributed by atoms with Gasteiger partial charge in [0.15, 0.2) is 17.9 Å². The molecule has 0 aliphatic rings. The second kappa shape index (κ2) is 4.36. The minimum atomic E-state index is -1.39. The molecule has 0 aliphatic carbocycles. The van der Waals surface area contributed by atoms with Crippen LogP contribution in [-0.4, -0.2) is 32.1 Å². The molecular weight excluding hydrogens is 241 g/mol. The number of carbonyl (C=O) groups excluding carboxylic acids is 1. The number of aromatic carboxylic acids is 1. The molecule has 0 unspecified atom stereocenters. The van der Waals surface area contributed by atoms with Crippen LogP contribution in [-0.2, 0) is 0 Å². The summed E-state index contributed by atoms with van der Waals surface area (Å²) >= 11 is 0. The number of carboxylic acids is 1. The zero-order valence-electron chi connectivity index (χ0n) is 9.29. The maximum absolute atomic E-state index is 13.9. The first kappa shape index (κ1) is 11.9. The van der Waals surface area contributed by atoms with Crippen LogP contribution in [0.4, 0.5) is 4.39 Å². The van der Waals surface area contributed by atoms with Gasteiger partial charge in [0.1, 0.15) is 11.3 Å². The first-order valence-corrected chi connectivity index (χ1v) is 4.94. The smallest absolute Gasteiger partial charge is 0.338 e. The van der Waals surface area contributed by atoms with E-state index in [1.54, 1.807) is 6.92 Å². The molecule has 0 fully saturated rings. The predicted octanol–water partition coefficient (Wildman–Crippen LogP) is 1.23. The van der Waals surface area contributed by atoms with Crippen molar-refractivity contribution in [2.24, 2.45) is 0 Å². The van der Waals surface area contributed by atoms with Crippen molar-refractivity contribution in [2.45, 2.75) is 6.92 Å². The molecule has 0 saturated carbocycles. The van der Waals surface area contributed by atoms with Crippen molar-refractivity contribution >= 4 is 12.3 Å². The summed E-state index contributed by atoms with van der Waals surface area (Å²) in [6.07, 6.45) is 3.10. The zero-order valence-corrected chi connectivity index (χ0v) is 9.29. The fourth-order valence-electron chi connectivity index (χ4n) is 1.46. The second-order valence-electron chi connectivity index (χ2n) is 3.56. The highest BCUT2D eigenvalue weighted by Gasteiger charge is 2.17. The van der Waals surface area contributed by atoms with Crippen molar-refractivity contribution in [1.82, 2.24) is 14.8 Å². The van der Waals surface area contributed by atoms with Crippen LogP contribution in [0.3, 0.4) is 0 Å². The quantitative estimate of drug-likeness (QED) is 0.827. The lowest BCUT2D eigenvalue weighted by molar-refractivity contribution is 0.0691. The van der Waals surface area contributed by atoms with Crippen molar-refractivity contribution in [3.05, 3.63) is 41.1 Å². The van der Waals surface area contributed by atoms with Gasteiger partial charge in [-0.2, -0.15) is 5.10 Å². The Hall–Kier alpha value is -2.57. The highest BCUT2D eigenvalue weighted by atomic mass is 19.1. The monoisotopic (exact) mass is 249 g/mol. The summed E-state index contributed by atoms with van der Waals surface area (Å²) in [7, 11) is 0. The molecule has 0 aromatic carbocycles. The summed E-state index contributed by atoms with van der Waals surface area (Å²) in [6, 6.07) is 1.05. The summed E-state index contributed by atoms with van der Waals surface area (Å²) in [4.78, 5) is 25.2. The Morgan fingerprint density at radius 3 is 2.83 bits per heavy atom. The number of halogens is 1. The molecule has 92 valence electrons. The fraction of sp³-hybridized carbons (Fsp3) is 0.0909. The molecule has 2 heterocycles. The van der Waals surface area contributed by atoms with Crippen LogP contribution in [0.2, 0.25) is 0 Å². The highest BCUT2D eigenvalue weighted by molar-refractivity contribution is 5.88. The van der Waals surface area contributed by atoms with Gasteiger partial charge in [0.2, 0.25) is 0 Å². The molecule has 2 aromatic heterocycles. The Kier molecular flexibility index (Phi) is 2.88. The maximum atomic E-state index is 13.9. The van der Waals surface area contributed by atoms with E-state index in [4.69, 9.17) is 5.11 Å². The van der Waals surface area contributed by atoms with Gasteiger partial charge in [0.05, 0.1) is 0 Å². The zero-order chi connectivity index (χ0) is 13.3. The number of aryl methyl sites for hydroxylation is 1. The molecule has 0 amide bonds. The first-order valence-electron chi connectivity index (χ1n) is 4.94. The van der Waals surface area contributed by atoms with Gasteiger partial charge in [-0.25, -0.2) is 18.9 Å². The molecule has 0 saturated heterocycles. The predicted molar refractivity (Wildman–Crippen MR) is 58.4 cm³/mol. The Morgan fingerprint density at radius 1 is 1.56 bits per heavy atom. The lowest BCUT2D eigenvalue weighted by Crippen LogP contribution is -2.08. The van der Waals surface area contributed by atoms with E-state index < -0.39 is 17.3 Å². The molecule has 18 heavy (non-hydrogen) atoms. The molecule has 0 bridgehead atoms. The molecule has 2 aromatic rings. The van der Waals surface area contributed by atoms with E-state index in [0.717, 1.165) is 10.7 Å². The highest BCUT2D eigenvalue weighted by Crippen LogP contribution is 2.15. The van der Waals surface area contributed by atoms with E-state index in [2.05, 4.69) is 10.1 Å². The number of pyridine rings is 1. The molecular formula is C11H8FN3O3. The van der Waals surface area contributed by atoms with E-state index in [-0.39, 0.29) is 11.5 Å². The van der Waals surface area contributed by atoms with Crippen LogP contribution in [0.25, 0.3) is 5.82 Å². The van der Waals surface area contributed by atoms with Crippen molar-refractivity contribution in [3.63, 3.8) is 0 Å². The van der Waals surface area contributed by atoms with Gasteiger partial charge >= 0.3 is 5.97 Å². The van der Waals surface area contributed by atoms with Crippen LogP contribution in [0.1, 0.15) is 26.4 Å². The average molecular weight is 249 g/mol. The summed E-state index contributed by atoms with van der Waals surface area (Å²) in [5, 5.41) is 12.6. The number of rotatable bonds is 3. The van der Waals surface area contributed by atoms with E-state index >= 15 is 0 Å². The van der Waals surface area contributed by atoms with Gasteiger partial charge in [-0.1, -0.05) is 0 Å². The van der Waals surface area contributed by atoms with Crippen molar-refractivity contribution in [1.29, 1.82) is 0 Å². The van der Waals surface area contributed by atoms with Gasteiger partial charge < -0.3 is 5.11 Å². The molecule has 0 spiro atoms. The van der Waals surface area contributed by atoms with Crippen LogP contribution >= 0.6 is 0 Å². The molecule has 0 radical (unpaired) electrons. The van der Waals surface area contributed by atoms with Crippen molar-refractivity contribution in [2.75, 3.05) is 0 Å². The van der Waals surface area contributed by atoms with Gasteiger partial charge in [-0.05, 0) is 18.6 Å². The third kappa shape index (κ3) is 1.86. The van der Waals surface area contributed by atoms with Crippen LogP contribution in [0, 0.1) is 12.7 Å². The number of hydrogen-bond donors (Lipinski definition) is 1. The Labute approximate surface area is 101 Å². The molecule has 0 atom stereocenters. The standard InChI is InChI=1S/C11H8FN3O3/c1-6-4-15(14-8(6)5-16)10-9(12)7(11(17)18)2-3-13-10/h2-5H,1H3,(H,17,18). The summed E-state index contributed by atoms with van der Waals surface area (Å²) in [5.41, 5.74) is 0.199. The van der Waals surface area contributed by atoms with E-state index in [9.17, 15) is 14.0 Å². The first-order chi connectivity index (χ1) is 8.54. The van der Waals surface area contributed by atoms with Gasteiger partial charge in [-0.15, -0.1) is 0 Å². The third-order valence-corrected chi connectivity index (χ3v) is 2.37. The molecule has 1 N–H and O–H groups in total. The average Bonchev–Trinajstić information content (AvgIpc) is 2.70. The molecule has 6 nitrogen and oxygen atoms in total. The lowest BCUT2D eigenvalue weighted by atomic mass is 10.2. The van der Waals surface area contributed by atoms with Crippen LogP contribution in [0.5, 0.6) is 0 Å². The number of carbonyl (C=O) groups is 2. The van der Waals surface area contributed by atoms with Gasteiger partial charge in [-0.3, -0.25) is 4.79 Å². The Bertz CT molecular complexity index is 636. The van der Waals surface area contributed by atoms with E-state index in [0.29, 0.717) is 11.8 Å². The number of nitrogens with zero attached hydrogens (tertiary/aromatic N) is 3. The minimum Gasteiger partial charge on any atom is -0.478 e. The SMILES string of the molecule is Cc1cn(-c2nccc(C(=O)O)c2F)nc1C=O. The van der Waals surface area contributed by atoms with Crippen LogP contribution in [0.15, 0.2) is 18.5 Å². The van der Waals surface area contributed by atoms with Gasteiger partial charge in [0.25, 0.3) is 0 Å². The molecule has 0 aliphatic heterocycles. The van der Waals surface area contributed by atoms with Gasteiger partial charge in [0, 0.05) is 12.4 Å². The topological polar surface area (TPSA) is 85.1 Å². The summed E-state index contributed by atoms with van der Waals surface area (Å²) < 4.78 is 14.9. The number of carboxylic acid groups (broad SMARTS) is 1. The fourth-order valence-corrected chi connectivity index (χ4v) is 1.46. The number of hydrogen-bond acceptors (Lipinski definition) is 4. The Balaban J connectivity index is 2.60. The van der Waals surface area contributed by atoms with Crippen LogP contribution < -0.4 is 0 Å². The number of aldehydes is 1. The summed E-state index contributed by atoms with van der Waals surface area (Å²) in [5.74, 6) is -2.65. The third-order valence-electron chi connectivity index (χ3n) is 2.37. The van der Waals surface area contributed by atoms with Crippen molar-refractivity contribution in [3.8, 4) is 5.82 Å². The molecule has 7 heteroatoms. The van der Waals surface area contributed by atoms with E-state index in [1.165, 1.54) is 12.4 Å². The van der Waals surface area contributed by atoms with Crippen molar-refractivity contribution < 1.29 is 19.1 Å².